The molecule has 0 spiro atoms. The van der Waals surface area contributed by atoms with Crippen molar-refractivity contribution in [2.75, 3.05) is 0 Å². The van der Waals surface area contributed by atoms with Crippen molar-refractivity contribution in [2.45, 2.75) is 52.7 Å². The summed E-state index contributed by atoms with van der Waals surface area (Å²) in [6.45, 7) is 7.78. The molecular weight excluding hydrogens is 288 g/mol. The number of halogens is 1. The van der Waals surface area contributed by atoms with E-state index in [-0.39, 0.29) is 0 Å². The summed E-state index contributed by atoms with van der Waals surface area (Å²) in [6, 6.07) is 8.31. The van der Waals surface area contributed by atoms with Crippen molar-refractivity contribution < 1.29 is 4.74 Å². The molecule has 2 heteroatoms. The second-order valence-electron chi connectivity index (χ2n) is 6.44. The molecule has 0 amide bonds. The first-order chi connectivity index (χ1) is 8.46. The molecule has 18 heavy (non-hydrogen) atoms. The zero-order valence-corrected chi connectivity index (χ0v) is 13.2. The van der Waals surface area contributed by atoms with E-state index >= 15 is 0 Å². The van der Waals surface area contributed by atoms with Crippen molar-refractivity contribution in [2.24, 2.45) is 11.3 Å². The van der Waals surface area contributed by atoms with Crippen LogP contribution < -0.4 is 0 Å². The van der Waals surface area contributed by atoms with E-state index in [2.05, 4.69) is 54.9 Å². The predicted molar refractivity (Wildman–Crippen MR) is 79.5 cm³/mol. The van der Waals surface area contributed by atoms with Crippen LogP contribution in [0.3, 0.4) is 0 Å². The molecule has 100 valence electrons. The standard InChI is InChI=1S/C16H23BrO/c1-12-8-14(10-16(2,3)9-12)18-11-13-6-4-5-7-15(13)17/h4-7,12,14H,8-11H2,1-3H3. The second kappa shape index (κ2) is 5.75. The van der Waals surface area contributed by atoms with Gasteiger partial charge in [-0.15, -0.1) is 0 Å². The van der Waals surface area contributed by atoms with Gasteiger partial charge in [-0.2, -0.15) is 0 Å². The normalized spacial score (nSPS) is 27.1. The summed E-state index contributed by atoms with van der Waals surface area (Å²) in [5.41, 5.74) is 1.67. The van der Waals surface area contributed by atoms with E-state index in [1.54, 1.807) is 0 Å². The Morgan fingerprint density at radius 2 is 2.00 bits per heavy atom. The van der Waals surface area contributed by atoms with Crippen LogP contribution in [0.25, 0.3) is 0 Å². The molecule has 1 aromatic carbocycles. The van der Waals surface area contributed by atoms with Gasteiger partial charge in [0, 0.05) is 4.47 Å². The Hall–Kier alpha value is -0.340. The number of hydrogen-bond donors (Lipinski definition) is 0. The van der Waals surface area contributed by atoms with E-state index < -0.39 is 0 Å². The smallest absolute Gasteiger partial charge is 0.0731 e. The van der Waals surface area contributed by atoms with E-state index in [4.69, 9.17) is 4.74 Å². The molecule has 0 aromatic heterocycles. The van der Waals surface area contributed by atoms with Gasteiger partial charge in [0.1, 0.15) is 0 Å². The second-order valence-corrected chi connectivity index (χ2v) is 7.29. The lowest BCUT2D eigenvalue weighted by Gasteiger charge is -2.38. The fourth-order valence-electron chi connectivity index (χ4n) is 3.21. The lowest BCUT2D eigenvalue weighted by Crippen LogP contribution is -2.32. The van der Waals surface area contributed by atoms with Crippen molar-refractivity contribution in [1.29, 1.82) is 0 Å². The maximum absolute atomic E-state index is 6.13. The van der Waals surface area contributed by atoms with Crippen LogP contribution in [0.15, 0.2) is 28.7 Å². The SMILES string of the molecule is CC1CC(OCc2ccccc2Br)CC(C)(C)C1. The minimum absolute atomic E-state index is 0.413. The molecule has 0 heterocycles. The van der Waals surface area contributed by atoms with Crippen molar-refractivity contribution in [3.63, 3.8) is 0 Å². The molecule has 0 radical (unpaired) electrons. The highest BCUT2D eigenvalue weighted by Gasteiger charge is 2.32. The first kappa shape index (κ1) is 14.1. The van der Waals surface area contributed by atoms with Gasteiger partial charge in [0.05, 0.1) is 12.7 Å². The summed E-state index contributed by atoms with van der Waals surface area (Å²) in [6.07, 6.45) is 4.12. The van der Waals surface area contributed by atoms with E-state index in [0.717, 1.165) is 17.0 Å². The molecule has 1 nitrogen and oxygen atoms in total. The Balaban J connectivity index is 1.92. The van der Waals surface area contributed by atoms with Gasteiger partial charge in [-0.1, -0.05) is 54.9 Å². The highest BCUT2D eigenvalue weighted by molar-refractivity contribution is 9.10. The number of benzene rings is 1. The van der Waals surface area contributed by atoms with Gasteiger partial charge in [-0.05, 0) is 42.2 Å². The van der Waals surface area contributed by atoms with Gasteiger partial charge in [0.25, 0.3) is 0 Å². The molecule has 1 aliphatic rings. The molecule has 0 N–H and O–H groups in total. The number of rotatable bonds is 3. The quantitative estimate of drug-likeness (QED) is 0.747. The van der Waals surface area contributed by atoms with Crippen LogP contribution in [0.1, 0.15) is 45.6 Å². The molecule has 1 saturated carbocycles. The van der Waals surface area contributed by atoms with Crippen molar-refractivity contribution in [3.8, 4) is 0 Å². The van der Waals surface area contributed by atoms with Crippen LogP contribution in [0.5, 0.6) is 0 Å². The molecule has 2 unspecified atom stereocenters. The lowest BCUT2D eigenvalue weighted by atomic mass is 9.71. The molecule has 2 atom stereocenters. The van der Waals surface area contributed by atoms with Gasteiger partial charge in [-0.3, -0.25) is 0 Å². The summed E-state index contributed by atoms with van der Waals surface area (Å²) in [5.74, 6) is 0.776. The average molecular weight is 311 g/mol. The molecule has 1 aliphatic carbocycles. The van der Waals surface area contributed by atoms with Crippen LogP contribution in [0.2, 0.25) is 0 Å². The molecular formula is C16H23BrO. The van der Waals surface area contributed by atoms with E-state index in [1.165, 1.54) is 24.8 Å². The first-order valence-electron chi connectivity index (χ1n) is 6.81. The lowest BCUT2D eigenvalue weighted by molar-refractivity contribution is -0.0317. The first-order valence-corrected chi connectivity index (χ1v) is 7.60. The monoisotopic (exact) mass is 310 g/mol. The third-order valence-electron chi connectivity index (χ3n) is 3.78. The van der Waals surface area contributed by atoms with Crippen LogP contribution in [0, 0.1) is 11.3 Å². The summed E-state index contributed by atoms with van der Waals surface area (Å²) in [5, 5.41) is 0. The van der Waals surface area contributed by atoms with Gasteiger partial charge < -0.3 is 4.74 Å². The molecule has 1 aromatic rings. The number of hydrogen-bond acceptors (Lipinski definition) is 1. The Kier molecular flexibility index (Phi) is 4.50. The fraction of sp³-hybridized carbons (Fsp3) is 0.625. The van der Waals surface area contributed by atoms with Gasteiger partial charge in [0.15, 0.2) is 0 Å². The van der Waals surface area contributed by atoms with E-state index in [0.29, 0.717) is 11.5 Å². The van der Waals surface area contributed by atoms with Crippen LogP contribution >= 0.6 is 15.9 Å². The zero-order chi connectivity index (χ0) is 13.2. The number of ether oxygens (including phenoxy) is 1. The Morgan fingerprint density at radius 1 is 1.28 bits per heavy atom. The highest BCUT2D eigenvalue weighted by atomic mass is 79.9. The minimum atomic E-state index is 0.413. The van der Waals surface area contributed by atoms with Crippen molar-refractivity contribution in [3.05, 3.63) is 34.3 Å². The third kappa shape index (κ3) is 3.83. The van der Waals surface area contributed by atoms with Crippen molar-refractivity contribution >= 4 is 15.9 Å². The zero-order valence-electron chi connectivity index (χ0n) is 11.6. The third-order valence-corrected chi connectivity index (χ3v) is 4.55. The van der Waals surface area contributed by atoms with Gasteiger partial charge in [-0.25, -0.2) is 0 Å². The predicted octanol–water partition coefficient (Wildman–Crippen LogP) is 5.18. The molecule has 0 aliphatic heterocycles. The maximum atomic E-state index is 6.13. The maximum Gasteiger partial charge on any atom is 0.0731 e. The topological polar surface area (TPSA) is 9.23 Å². The Bertz CT molecular complexity index is 400. The van der Waals surface area contributed by atoms with E-state index in [9.17, 15) is 0 Å². The summed E-state index contributed by atoms with van der Waals surface area (Å²) < 4.78 is 7.27. The van der Waals surface area contributed by atoms with Crippen LogP contribution in [-0.2, 0) is 11.3 Å². The molecule has 0 bridgehead atoms. The minimum Gasteiger partial charge on any atom is -0.373 e. The van der Waals surface area contributed by atoms with Gasteiger partial charge in [0.2, 0.25) is 0 Å². The average Bonchev–Trinajstić information content (AvgIpc) is 2.25. The molecule has 0 saturated heterocycles. The van der Waals surface area contributed by atoms with Crippen molar-refractivity contribution in [1.82, 2.24) is 0 Å². The summed E-state index contributed by atoms with van der Waals surface area (Å²) in [7, 11) is 0. The fourth-order valence-corrected chi connectivity index (χ4v) is 3.61. The van der Waals surface area contributed by atoms with E-state index in [1.807, 2.05) is 6.07 Å². The highest BCUT2D eigenvalue weighted by Crippen LogP contribution is 2.40. The van der Waals surface area contributed by atoms with Crippen LogP contribution in [0.4, 0.5) is 0 Å². The molecule has 2 rings (SSSR count). The van der Waals surface area contributed by atoms with Gasteiger partial charge >= 0.3 is 0 Å². The summed E-state index contributed by atoms with van der Waals surface area (Å²) in [4.78, 5) is 0. The van der Waals surface area contributed by atoms with Crippen LogP contribution in [-0.4, -0.2) is 6.10 Å². The summed E-state index contributed by atoms with van der Waals surface area (Å²) >= 11 is 3.58. The largest absolute Gasteiger partial charge is 0.373 e. The molecule has 1 fully saturated rings. The Labute approximate surface area is 119 Å². The Morgan fingerprint density at radius 3 is 2.67 bits per heavy atom.